The molecule has 3 aromatic heterocycles. The fourth-order valence-electron chi connectivity index (χ4n) is 7.20. The highest BCUT2D eigenvalue weighted by Crippen LogP contribution is 2.39. The fourth-order valence-corrected chi connectivity index (χ4v) is 7.20. The zero-order chi connectivity index (χ0) is 37.7. The van der Waals surface area contributed by atoms with Gasteiger partial charge in [0.2, 0.25) is 5.95 Å². The van der Waals surface area contributed by atoms with Crippen molar-refractivity contribution in [1.82, 2.24) is 34.6 Å². The Morgan fingerprint density at radius 1 is 1.00 bits per heavy atom. The van der Waals surface area contributed by atoms with Gasteiger partial charge < -0.3 is 25.0 Å². The van der Waals surface area contributed by atoms with Crippen molar-refractivity contribution < 1.29 is 19.4 Å². The van der Waals surface area contributed by atoms with E-state index in [4.69, 9.17) is 19.7 Å². The number of carboxylic acid groups (broad SMARTS) is 1. The number of hydrogen-bond donors (Lipinski definition) is 3. The van der Waals surface area contributed by atoms with Gasteiger partial charge in [0.25, 0.3) is 6.47 Å². The summed E-state index contributed by atoms with van der Waals surface area (Å²) in [4.78, 5) is 26.5. The Bertz CT molecular complexity index is 2030. The second kappa shape index (κ2) is 16.1. The third-order valence-corrected chi connectivity index (χ3v) is 9.81. The molecule has 1 aliphatic heterocycles. The van der Waals surface area contributed by atoms with Crippen molar-refractivity contribution in [3.05, 3.63) is 95.3 Å². The van der Waals surface area contributed by atoms with Gasteiger partial charge >= 0.3 is 6.03 Å². The SMILES string of the molecule is CC1CCCCN1c1nnc2ccc(O[C@@H]3CC[C@H](NC(=O)Nc4cc(C(C)(C)C)nn4-c4cccc(CN(C)C)c4)c4ccccc43)cn12.O=CO. The summed E-state index contributed by atoms with van der Waals surface area (Å²) < 4.78 is 10.6. The van der Waals surface area contributed by atoms with Gasteiger partial charge in [0, 0.05) is 30.6 Å². The van der Waals surface area contributed by atoms with Crippen LogP contribution in [0.4, 0.5) is 16.6 Å². The molecule has 1 saturated heterocycles. The number of fused-ring (bicyclic) bond motifs is 2. The van der Waals surface area contributed by atoms with Crippen molar-refractivity contribution in [1.29, 1.82) is 0 Å². The Hall–Kier alpha value is -5.43. The van der Waals surface area contributed by atoms with Crippen LogP contribution in [0.25, 0.3) is 11.3 Å². The summed E-state index contributed by atoms with van der Waals surface area (Å²) in [6.07, 6.45) is 6.91. The largest absolute Gasteiger partial charge is 0.484 e. The lowest BCUT2D eigenvalue weighted by Crippen LogP contribution is -2.38. The van der Waals surface area contributed by atoms with Crippen LogP contribution in [0.3, 0.4) is 0 Å². The number of benzene rings is 2. The molecule has 1 aliphatic carbocycles. The van der Waals surface area contributed by atoms with Gasteiger partial charge in [-0.3, -0.25) is 14.5 Å². The number of carbonyl (C=O) groups is 2. The number of rotatable bonds is 8. The summed E-state index contributed by atoms with van der Waals surface area (Å²) in [7, 11) is 4.11. The number of aromatic nitrogens is 5. The van der Waals surface area contributed by atoms with Crippen molar-refractivity contribution in [2.75, 3.05) is 30.9 Å². The molecule has 0 radical (unpaired) electrons. The molecule has 1 unspecified atom stereocenters. The first kappa shape index (κ1) is 37.3. The van der Waals surface area contributed by atoms with Gasteiger partial charge in [-0.05, 0) is 94.1 Å². The molecule has 7 rings (SSSR count). The highest BCUT2D eigenvalue weighted by atomic mass is 16.5. The van der Waals surface area contributed by atoms with Crippen molar-refractivity contribution in [2.24, 2.45) is 0 Å². The van der Waals surface area contributed by atoms with Gasteiger partial charge in [0.1, 0.15) is 17.7 Å². The lowest BCUT2D eigenvalue weighted by atomic mass is 9.85. The third kappa shape index (κ3) is 8.62. The van der Waals surface area contributed by atoms with Crippen LogP contribution in [0.5, 0.6) is 5.75 Å². The lowest BCUT2D eigenvalue weighted by Gasteiger charge is -2.33. The van der Waals surface area contributed by atoms with E-state index in [9.17, 15) is 4.79 Å². The quantitative estimate of drug-likeness (QED) is 0.143. The maximum absolute atomic E-state index is 13.7. The Morgan fingerprint density at radius 3 is 2.51 bits per heavy atom. The molecule has 3 atom stereocenters. The van der Waals surface area contributed by atoms with E-state index in [2.05, 4.69) is 101 Å². The molecule has 0 spiro atoms. The summed E-state index contributed by atoms with van der Waals surface area (Å²) in [5.74, 6) is 2.27. The average Bonchev–Trinajstić information content (AvgIpc) is 3.74. The molecule has 280 valence electrons. The first-order valence-corrected chi connectivity index (χ1v) is 18.3. The van der Waals surface area contributed by atoms with Crippen molar-refractivity contribution in [2.45, 2.75) is 89.9 Å². The number of hydrogen-bond acceptors (Lipinski definition) is 8. The number of carbonyl (C=O) groups excluding carboxylic acids is 1. The highest BCUT2D eigenvalue weighted by Gasteiger charge is 2.31. The number of pyridine rings is 1. The summed E-state index contributed by atoms with van der Waals surface area (Å²) in [5.41, 5.74) is 5.73. The zero-order valence-electron chi connectivity index (χ0n) is 31.5. The molecule has 13 heteroatoms. The van der Waals surface area contributed by atoms with Gasteiger partial charge in [0.15, 0.2) is 5.65 Å². The predicted molar refractivity (Wildman–Crippen MR) is 206 cm³/mol. The third-order valence-electron chi connectivity index (χ3n) is 9.81. The molecule has 0 saturated carbocycles. The topological polar surface area (TPSA) is 142 Å². The van der Waals surface area contributed by atoms with Gasteiger partial charge in [-0.25, -0.2) is 9.48 Å². The molecule has 2 amide bonds. The first-order chi connectivity index (χ1) is 25.4. The van der Waals surface area contributed by atoms with E-state index in [0.29, 0.717) is 11.9 Å². The van der Waals surface area contributed by atoms with Crippen LogP contribution in [0.2, 0.25) is 0 Å². The van der Waals surface area contributed by atoms with E-state index in [1.54, 1.807) is 0 Å². The molecular formula is C40H51N9O4. The number of nitrogens with one attached hydrogen (secondary N) is 2. The maximum Gasteiger partial charge on any atom is 0.320 e. The number of piperidine rings is 1. The summed E-state index contributed by atoms with van der Waals surface area (Å²) in [6.45, 7) is 10.2. The van der Waals surface area contributed by atoms with E-state index in [1.807, 2.05) is 53.3 Å². The van der Waals surface area contributed by atoms with Gasteiger partial charge in [0.05, 0.1) is 23.6 Å². The van der Waals surface area contributed by atoms with Crippen molar-refractivity contribution >= 4 is 29.9 Å². The summed E-state index contributed by atoms with van der Waals surface area (Å²) >= 11 is 0. The molecule has 5 aromatic rings. The van der Waals surface area contributed by atoms with E-state index in [-0.39, 0.29) is 30.1 Å². The standard InChI is InChI=1S/C39H49N9O2.CH2O2/c1-26-12-9-10-21-46(26)38-43-42-35-20-17-29(25-47(35)38)50-33-19-18-32(30-15-7-8-16-31(30)33)40-37(49)41-36-23-34(39(2,3)4)44-48(36)28-14-11-13-27(22-28)24-45(5)6;2-1-3/h7-8,11,13-17,20,22-23,25-26,32-33H,9-10,12,18-19,21,24H2,1-6H3,(H2,40,41,49);1H,(H,2,3)/t26?,32-,33+;/m0./s1. The Morgan fingerprint density at radius 2 is 1.77 bits per heavy atom. The average molecular weight is 722 g/mol. The van der Waals surface area contributed by atoms with Crippen LogP contribution in [0.1, 0.15) is 94.3 Å². The maximum atomic E-state index is 13.7. The molecule has 3 N–H and O–H groups in total. The van der Waals surface area contributed by atoms with Crippen LogP contribution >= 0.6 is 0 Å². The Labute approximate surface area is 311 Å². The Kier molecular flexibility index (Phi) is 11.3. The number of urea groups is 1. The highest BCUT2D eigenvalue weighted by molar-refractivity contribution is 5.89. The second-order valence-corrected chi connectivity index (χ2v) is 15.2. The van der Waals surface area contributed by atoms with Gasteiger partial charge in [-0.2, -0.15) is 5.10 Å². The van der Waals surface area contributed by atoms with Crippen LogP contribution < -0.4 is 20.3 Å². The van der Waals surface area contributed by atoms with Crippen LogP contribution in [0, 0.1) is 0 Å². The number of ether oxygens (including phenoxy) is 1. The van der Waals surface area contributed by atoms with E-state index in [0.717, 1.165) is 78.6 Å². The second-order valence-electron chi connectivity index (χ2n) is 15.2. The Balaban J connectivity index is 0.00000155. The van der Waals surface area contributed by atoms with E-state index >= 15 is 0 Å². The van der Waals surface area contributed by atoms with Gasteiger partial charge in [-0.15, -0.1) is 10.2 Å². The monoisotopic (exact) mass is 721 g/mol. The molecule has 2 aliphatic rings. The fraction of sp³-hybridized carbons (Fsp3) is 0.425. The van der Waals surface area contributed by atoms with E-state index < -0.39 is 0 Å². The number of amides is 2. The minimum absolute atomic E-state index is 0.149. The smallest absolute Gasteiger partial charge is 0.320 e. The van der Waals surface area contributed by atoms with Crippen LogP contribution in [-0.4, -0.2) is 73.6 Å². The molecule has 0 bridgehead atoms. The summed E-state index contributed by atoms with van der Waals surface area (Å²) in [5, 5.41) is 27.2. The number of anilines is 2. The number of nitrogens with zero attached hydrogens (tertiary/aromatic N) is 7. The first-order valence-electron chi connectivity index (χ1n) is 18.3. The minimum Gasteiger partial charge on any atom is -0.484 e. The minimum atomic E-state index is -0.271. The zero-order valence-corrected chi connectivity index (χ0v) is 31.5. The molecular weight excluding hydrogens is 670 g/mol. The molecule has 1 fully saturated rings. The van der Waals surface area contributed by atoms with Crippen LogP contribution in [-0.2, 0) is 16.8 Å². The lowest BCUT2D eigenvalue weighted by molar-refractivity contribution is -0.122. The summed E-state index contributed by atoms with van der Waals surface area (Å²) in [6, 6.07) is 22.4. The molecule has 53 heavy (non-hydrogen) atoms. The van der Waals surface area contributed by atoms with Crippen molar-refractivity contribution in [3.63, 3.8) is 0 Å². The molecule has 4 heterocycles. The van der Waals surface area contributed by atoms with Crippen molar-refractivity contribution in [3.8, 4) is 11.4 Å². The van der Waals surface area contributed by atoms with Crippen LogP contribution in [0.15, 0.2) is 72.9 Å². The van der Waals surface area contributed by atoms with E-state index in [1.165, 1.54) is 12.0 Å². The molecule has 13 nitrogen and oxygen atoms in total. The molecule has 2 aromatic carbocycles. The normalized spacial score (nSPS) is 18.5. The predicted octanol–water partition coefficient (Wildman–Crippen LogP) is 7.13. The van der Waals surface area contributed by atoms with Gasteiger partial charge in [-0.1, -0.05) is 57.2 Å².